The second-order valence-corrected chi connectivity index (χ2v) is 8.39. The maximum atomic E-state index is 12.1. The Morgan fingerprint density at radius 3 is 2.05 bits per heavy atom. The minimum atomic E-state index is 0.734. The molecule has 0 aromatic heterocycles. The van der Waals surface area contributed by atoms with Crippen molar-refractivity contribution in [2.24, 2.45) is 35.5 Å². The molecule has 1 heteroatoms. The van der Waals surface area contributed by atoms with Gasteiger partial charge in [-0.1, -0.05) is 19.4 Å². The fourth-order valence-corrected chi connectivity index (χ4v) is 5.73. The Kier molecular flexibility index (Phi) is 5.40. The molecule has 0 bridgehead atoms. The molecule has 0 heterocycles. The zero-order chi connectivity index (χ0) is 14.7. The molecule has 3 aliphatic rings. The van der Waals surface area contributed by atoms with Crippen molar-refractivity contribution in [3.8, 4) is 0 Å². The molecule has 0 N–H and O–H groups in total. The largest absolute Gasteiger partial charge is 0.216 e. The first kappa shape index (κ1) is 15.6. The van der Waals surface area contributed by atoms with E-state index in [2.05, 4.69) is 6.92 Å². The highest BCUT2D eigenvalue weighted by atomic mass is 19.1. The van der Waals surface area contributed by atoms with Crippen molar-refractivity contribution in [3.63, 3.8) is 0 Å². The van der Waals surface area contributed by atoms with E-state index >= 15 is 0 Å². The van der Waals surface area contributed by atoms with Crippen molar-refractivity contribution in [1.29, 1.82) is 0 Å². The monoisotopic (exact) mass is 292 g/mol. The second-order valence-electron chi connectivity index (χ2n) is 8.39. The first-order valence-corrected chi connectivity index (χ1v) is 9.51. The summed E-state index contributed by atoms with van der Waals surface area (Å²) in [6, 6.07) is 0. The van der Waals surface area contributed by atoms with E-state index in [1.54, 1.807) is 6.08 Å². The summed E-state index contributed by atoms with van der Waals surface area (Å²) in [6.07, 6.45) is 18.0. The summed E-state index contributed by atoms with van der Waals surface area (Å²) >= 11 is 0. The Morgan fingerprint density at radius 1 is 0.762 bits per heavy atom. The van der Waals surface area contributed by atoms with E-state index in [1.165, 1.54) is 64.2 Å². The average Bonchev–Trinajstić information content (AvgIpc) is 2.53. The van der Waals surface area contributed by atoms with Crippen LogP contribution in [-0.2, 0) is 0 Å². The lowest BCUT2D eigenvalue weighted by Crippen LogP contribution is -2.34. The quantitative estimate of drug-likeness (QED) is 0.555. The van der Waals surface area contributed by atoms with Crippen molar-refractivity contribution < 1.29 is 4.39 Å². The molecule has 3 aliphatic carbocycles. The highest BCUT2D eigenvalue weighted by Crippen LogP contribution is 2.49. The summed E-state index contributed by atoms with van der Waals surface area (Å²) in [6.45, 7) is 2.45. The first-order chi connectivity index (χ1) is 10.3. The molecule has 120 valence electrons. The molecule has 0 spiro atoms. The highest BCUT2D eigenvalue weighted by Gasteiger charge is 2.37. The van der Waals surface area contributed by atoms with Crippen LogP contribution in [0.4, 0.5) is 4.39 Å². The molecule has 4 unspecified atom stereocenters. The molecule has 21 heavy (non-hydrogen) atoms. The summed E-state index contributed by atoms with van der Waals surface area (Å²) < 4.78 is 12.1. The normalized spacial score (nSPS) is 44.7. The average molecular weight is 292 g/mol. The van der Waals surface area contributed by atoms with Gasteiger partial charge < -0.3 is 0 Å². The third-order valence-electron chi connectivity index (χ3n) is 7.03. The van der Waals surface area contributed by atoms with Crippen LogP contribution in [0.1, 0.15) is 77.6 Å². The van der Waals surface area contributed by atoms with Gasteiger partial charge in [-0.05, 0) is 99.7 Å². The molecule has 0 saturated heterocycles. The maximum Gasteiger partial charge on any atom is 0.0827 e. The third-order valence-corrected chi connectivity index (χ3v) is 7.03. The first-order valence-electron chi connectivity index (χ1n) is 9.51. The molecule has 0 nitrogen and oxygen atoms in total. The van der Waals surface area contributed by atoms with Crippen LogP contribution >= 0.6 is 0 Å². The van der Waals surface area contributed by atoms with Crippen LogP contribution in [-0.4, -0.2) is 0 Å². The van der Waals surface area contributed by atoms with Crippen LogP contribution in [0.3, 0.4) is 0 Å². The molecule has 0 radical (unpaired) electrons. The lowest BCUT2D eigenvalue weighted by molar-refractivity contribution is 0.0637. The summed E-state index contributed by atoms with van der Waals surface area (Å²) in [4.78, 5) is 0. The van der Waals surface area contributed by atoms with Gasteiger partial charge in [-0.15, -0.1) is 0 Å². The molecule has 0 amide bonds. The molecule has 0 aliphatic heterocycles. The lowest BCUT2D eigenvalue weighted by atomic mass is 9.61. The Bertz CT molecular complexity index is 340. The van der Waals surface area contributed by atoms with Gasteiger partial charge in [-0.25, -0.2) is 4.39 Å². The van der Waals surface area contributed by atoms with Gasteiger partial charge in [0, 0.05) is 0 Å². The van der Waals surface area contributed by atoms with Crippen molar-refractivity contribution in [3.05, 3.63) is 12.4 Å². The Morgan fingerprint density at radius 2 is 1.33 bits per heavy atom. The SMILES string of the molecule is CC1CCC2CC(C3CCC(C/C=C/F)CC3)CCC2C1. The van der Waals surface area contributed by atoms with E-state index in [-0.39, 0.29) is 0 Å². The van der Waals surface area contributed by atoms with Crippen LogP contribution in [0.5, 0.6) is 0 Å². The molecular weight excluding hydrogens is 259 g/mol. The van der Waals surface area contributed by atoms with Gasteiger partial charge in [0.2, 0.25) is 0 Å². The van der Waals surface area contributed by atoms with E-state index in [0.717, 1.165) is 48.3 Å². The molecule has 4 atom stereocenters. The van der Waals surface area contributed by atoms with E-state index in [9.17, 15) is 4.39 Å². The number of rotatable bonds is 3. The number of hydrogen-bond acceptors (Lipinski definition) is 0. The van der Waals surface area contributed by atoms with Gasteiger partial charge in [0.05, 0.1) is 6.33 Å². The molecule has 0 aromatic rings. The highest BCUT2D eigenvalue weighted by molar-refractivity contribution is 4.89. The number of hydrogen-bond donors (Lipinski definition) is 0. The van der Waals surface area contributed by atoms with Crippen LogP contribution in [0.15, 0.2) is 12.4 Å². The van der Waals surface area contributed by atoms with E-state index in [1.807, 2.05) is 0 Å². The second kappa shape index (κ2) is 7.29. The Labute approximate surface area is 130 Å². The summed E-state index contributed by atoms with van der Waals surface area (Å²) in [5, 5.41) is 0. The summed E-state index contributed by atoms with van der Waals surface area (Å²) in [5.41, 5.74) is 0. The molecule has 0 aromatic carbocycles. The molecule has 3 fully saturated rings. The minimum absolute atomic E-state index is 0.734. The number of allylic oxidation sites excluding steroid dienone is 1. The van der Waals surface area contributed by atoms with Gasteiger partial charge in [0.1, 0.15) is 0 Å². The smallest absolute Gasteiger partial charge is 0.0827 e. The fourth-order valence-electron chi connectivity index (χ4n) is 5.73. The van der Waals surface area contributed by atoms with E-state index in [0.29, 0.717) is 0 Å². The van der Waals surface area contributed by atoms with Gasteiger partial charge >= 0.3 is 0 Å². The van der Waals surface area contributed by atoms with Crippen molar-refractivity contribution in [2.45, 2.75) is 77.6 Å². The summed E-state index contributed by atoms with van der Waals surface area (Å²) in [5.74, 6) is 5.90. The van der Waals surface area contributed by atoms with Crippen LogP contribution in [0.2, 0.25) is 0 Å². The Hall–Kier alpha value is -0.330. The van der Waals surface area contributed by atoms with Crippen molar-refractivity contribution in [1.82, 2.24) is 0 Å². The van der Waals surface area contributed by atoms with Gasteiger partial charge in [0.25, 0.3) is 0 Å². The van der Waals surface area contributed by atoms with Gasteiger partial charge in [0.15, 0.2) is 0 Å². The van der Waals surface area contributed by atoms with E-state index in [4.69, 9.17) is 0 Å². The topological polar surface area (TPSA) is 0 Å². The van der Waals surface area contributed by atoms with Crippen LogP contribution in [0.25, 0.3) is 0 Å². The third kappa shape index (κ3) is 3.90. The zero-order valence-electron chi connectivity index (χ0n) is 13.8. The van der Waals surface area contributed by atoms with Crippen molar-refractivity contribution >= 4 is 0 Å². The number of halogens is 1. The van der Waals surface area contributed by atoms with Crippen LogP contribution in [0, 0.1) is 35.5 Å². The number of fused-ring (bicyclic) bond motifs is 1. The van der Waals surface area contributed by atoms with E-state index < -0.39 is 0 Å². The summed E-state index contributed by atoms with van der Waals surface area (Å²) in [7, 11) is 0. The molecular formula is C20H33F. The fraction of sp³-hybridized carbons (Fsp3) is 0.900. The predicted molar refractivity (Wildman–Crippen MR) is 87.6 cm³/mol. The van der Waals surface area contributed by atoms with Gasteiger partial charge in [-0.2, -0.15) is 0 Å². The maximum absolute atomic E-state index is 12.1. The molecule has 3 rings (SSSR count). The van der Waals surface area contributed by atoms with Crippen LogP contribution < -0.4 is 0 Å². The molecule has 3 saturated carbocycles. The van der Waals surface area contributed by atoms with Gasteiger partial charge in [-0.3, -0.25) is 0 Å². The minimum Gasteiger partial charge on any atom is -0.216 e. The standard InChI is InChI=1S/C20H33F/c1-15-4-7-20-14-19(11-10-18(20)13-15)17-8-5-16(6-9-17)3-2-12-21/h2,12,15-20H,3-11,13-14H2,1H3/b12-2+. The predicted octanol–water partition coefficient (Wildman–Crippen LogP) is 6.52. The Balaban J connectivity index is 1.46. The lowest BCUT2D eigenvalue weighted by Gasteiger charge is -2.45. The zero-order valence-corrected chi connectivity index (χ0v) is 13.8. The van der Waals surface area contributed by atoms with Crippen molar-refractivity contribution in [2.75, 3.05) is 0 Å².